The number of hydrogen-bond donors (Lipinski definition) is 2. The zero-order chi connectivity index (χ0) is 25.4. The topological polar surface area (TPSA) is 95.9 Å². The Morgan fingerprint density at radius 3 is 2.14 bits per heavy atom. The van der Waals surface area contributed by atoms with Gasteiger partial charge in [-0.1, -0.05) is 69.3 Å². The van der Waals surface area contributed by atoms with Gasteiger partial charge in [0.15, 0.2) is 0 Å². The minimum atomic E-state index is -0.934. The second-order valence-electron chi connectivity index (χ2n) is 9.50. The largest absolute Gasteiger partial charge is 0.481 e. The molecule has 0 bridgehead atoms. The van der Waals surface area contributed by atoms with Crippen LogP contribution in [0.25, 0.3) is 11.1 Å². The van der Waals surface area contributed by atoms with Crippen LogP contribution >= 0.6 is 0 Å². The Hall–Kier alpha value is -3.35. The van der Waals surface area contributed by atoms with Crippen molar-refractivity contribution in [1.82, 2.24) is 10.2 Å². The monoisotopic (exact) mass is 480 g/mol. The van der Waals surface area contributed by atoms with Crippen LogP contribution in [0.5, 0.6) is 0 Å². The van der Waals surface area contributed by atoms with Crippen molar-refractivity contribution >= 4 is 18.0 Å². The van der Waals surface area contributed by atoms with Crippen LogP contribution in [0.1, 0.15) is 57.1 Å². The average molecular weight is 481 g/mol. The maximum absolute atomic E-state index is 13.2. The molecule has 1 atom stereocenters. The highest BCUT2D eigenvalue weighted by molar-refractivity contribution is 5.81. The third kappa shape index (κ3) is 6.84. The lowest BCUT2D eigenvalue weighted by molar-refractivity contribution is -0.140. The Balaban J connectivity index is 1.61. The minimum Gasteiger partial charge on any atom is -0.481 e. The number of hydrogen-bond acceptors (Lipinski definition) is 4. The molecule has 0 saturated carbocycles. The fraction of sp³-hybridized carbons (Fsp3) is 0.464. The molecule has 1 aliphatic rings. The molecule has 3 rings (SSSR count). The summed E-state index contributed by atoms with van der Waals surface area (Å²) in [6.45, 7) is 7.02. The van der Waals surface area contributed by atoms with Crippen molar-refractivity contribution in [3.05, 3.63) is 59.7 Å². The van der Waals surface area contributed by atoms with Crippen molar-refractivity contribution in [2.24, 2.45) is 11.8 Å². The van der Waals surface area contributed by atoms with Crippen LogP contribution in [0.15, 0.2) is 48.5 Å². The number of fused-ring (bicyclic) bond motifs is 3. The maximum Gasteiger partial charge on any atom is 0.407 e. The fourth-order valence-corrected chi connectivity index (χ4v) is 4.79. The Morgan fingerprint density at radius 2 is 1.60 bits per heavy atom. The lowest BCUT2D eigenvalue weighted by Gasteiger charge is -2.28. The van der Waals surface area contributed by atoms with Gasteiger partial charge in [0.05, 0.1) is 12.3 Å². The number of aliphatic carboxylic acids is 1. The smallest absolute Gasteiger partial charge is 0.407 e. The second-order valence-corrected chi connectivity index (χ2v) is 9.50. The molecule has 35 heavy (non-hydrogen) atoms. The fourth-order valence-electron chi connectivity index (χ4n) is 4.79. The van der Waals surface area contributed by atoms with E-state index in [0.717, 1.165) is 28.7 Å². The molecule has 1 unspecified atom stereocenters. The van der Waals surface area contributed by atoms with Gasteiger partial charge < -0.3 is 20.1 Å². The molecule has 0 radical (unpaired) electrons. The first-order chi connectivity index (χ1) is 16.8. The highest BCUT2D eigenvalue weighted by Gasteiger charge is 2.30. The van der Waals surface area contributed by atoms with Crippen molar-refractivity contribution in [1.29, 1.82) is 0 Å². The molecule has 2 aromatic rings. The molecule has 2 N–H and O–H groups in total. The van der Waals surface area contributed by atoms with Crippen LogP contribution in [-0.4, -0.2) is 54.2 Å². The van der Waals surface area contributed by atoms with E-state index in [0.29, 0.717) is 13.0 Å². The number of nitrogens with zero attached hydrogens (tertiary/aromatic N) is 1. The number of carboxylic acids is 1. The van der Waals surface area contributed by atoms with Crippen LogP contribution in [0.3, 0.4) is 0 Å². The Kier molecular flexibility index (Phi) is 9.29. The third-order valence-corrected chi connectivity index (χ3v) is 6.34. The third-order valence-electron chi connectivity index (χ3n) is 6.34. The van der Waals surface area contributed by atoms with Gasteiger partial charge in [-0.25, -0.2) is 4.79 Å². The standard InChI is InChI=1S/C28H36N2O5/c1-4-14-30(15-13-26(31)32)27(33)20(16-19(2)3)17-29-28(34)35-18-25-23-11-7-5-9-21(23)22-10-6-8-12-24(22)25/h5-12,19-20,25H,4,13-18H2,1-3H3,(H,29,34)(H,31,32). The first-order valence-corrected chi connectivity index (χ1v) is 12.4. The summed E-state index contributed by atoms with van der Waals surface area (Å²) >= 11 is 0. The lowest BCUT2D eigenvalue weighted by Crippen LogP contribution is -2.43. The van der Waals surface area contributed by atoms with Gasteiger partial charge in [0.2, 0.25) is 5.91 Å². The molecule has 0 aliphatic heterocycles. The minimum absolute atomic E-state index is 0.0303. The van der Waals surface area contributed by atoms with Crippen molar-refractivity contribution < 1.29 is 24.2 Å². The van der Waals surface area contributed by atoms with Crippen LogP contribution in [0.2, 0.25) is 0 Å². The summed E-state index contributed by atoms with van der Waals surface area (Å²) in [5.74, 6) is -1.28. The van der Waals surface area contributed by atoms with Crippen molar-refractivity contribution in [3.8, 4) is 11.1 Å². The first-order valence-electron chi connectivity index (χ1n) is 12.4. The molecule has 1 aliphatic carbocycles. The lowest BCUT2D eigenvalue weighted by atomic mass is 9.95. The molecule has 188 valence electrons. The van der Waals surface area contributed by atoms with Gasteiger partial charge in [-0.15, -0.1) is 0 Å². The number of carboxylic acid groups (broad SMARTS) is 1. The van der Waals surface area contributed by atoms with E-state index in [2.05, 4.69) is 29.6 Å². The predicted molar refractivity (Wildman–Crippen MR) is 135 cm³/mol. The van der Waals surface area contributed by atoms with E-state index < -0.39 is 18.0 Å². The second kappa shape index (κ2) is 12.4. The van der Waals surface area contributed by atoms with E-state index in [9.17, 15) is 14.4 Å². The summed E-state index contributed by atoms with van der Waals surface area (Å²) in [5, 5.41) is 11.8. The Labute approximate surface area is 207 Å². The van der Waals surface area contributed by atoms with E-state index in [1.807, 2.05) is 45.0 Å². The Bertz CT molecular complexity index is 990. The number of ether oxygens (including phenoxy) is 1. The summed E-state index contributed by atoms with van der Waals surface area (Å²) in [6.07, 6.45) is 0.677. The quantitative estimate of drug-likeness (QED) is 0.450. The van der Waals surface area contributed by atoms with Gasteiger partial charge >= 0.3 is 12.1 Å². The molecule has 7 heteroatoms. The number of alkyl carbamates (subject to hydrolysis) is 1. The van der Waals surface area contributed by atoms with Gasteiger partial charge in [-0.2, -0.15) is 0 Å². The summed E-state index contributed by atoms with van der Waals surface area (Å²) in [6, 6.07) is 16.3. The molecule has 0 fully saturated rings. The summed E-state index contributed by atoms with van der Waals surface area (Å²) in [7, 11) is 0. The van der Waals surface area contributed by atoms with Crippen molar-refractivity contribution in [2.45, 2.75) is 46.0 Å². The molecular weight excluding hydrogens is 444 g/mol. The van der Waals surface area contributed by atoms with E-state index >= 15 is 0 Å². The molecule has 0 heterocycles. The van der Waals surface area contributed by atoms with Gasteiger partial charge in [-0.05, 0) is 41.0 Å². The van der Waals surface area contributed by atoms with Crippen LogP contribution in [0, 0.1) is 11.8 Å². The Morgan fingerprint density at radius 1 is 1.00 bits per heavy atom. The zero-order valence-electron chi connectivity index (χ0n) is 20.8. The van der Waals surface area contributed by atoms with Crippen LogP contribution in [0.4, 0.5) is 4.79 Å². The number of rotatable bonds is 12. The first kappa shape index (κ1) is 26.3. The molecule has 0 spiro atoms. The number of carbonyl (C=O) groups excluding carboxylic acids is 2. The highest BCUT2D eigenvalue weighted by Crippen LogP contribution is 2.44. The van der Waals surface area contributed by atoms with Crippen LogP contribution in [-0.2, 0) is 14.3 Å². The molecule has 2 amide bonds. The summed E-state index contributed by atoms with van der Waals surface area (Å²) in [4.78, 5) is 38.4. The summed E-state index contributed by atoms with van der Waals surface area (Å²) < 4.78 is 5.61. The van der Waals surface area contributed by atoms with Gasteiger partial charge in [0.1, 0.15) is 6.61 Å². The van der Waals surface area contributed by atoms with E-state index in [-0.39, 0.29) is 43.9 Å². The highest BCUT2D eigenvalue weighted by atomic mass is 16.5. The van der Waals surface area contributed by atoms with Crippen molar-refractivity contribution in [2.75, 3.05) is 26.2 Å². The van der Waals surface area contributed by atoms with E-state index in [1.54, 1.807) is 4.90 Å². The molecule has 0 aromatic heterocycles. The van der Waals surface area contributed by atoms with E-state index in [4.69, 9.17) is 9.84 Å². The molecular formula is C28H36N2O5. The van der Waals surface area contributed by atoms with Crippen LogP contribution < -0.4 is 5.32 Å². The number of benzene rings is 2. The number of amides is 2. The average Bonchev–Trinajstić information content (AvgIpc) is 3.16. The predicted octanol–water partition coefficient (Wildman–Crippen LogP) is 4.90. The van der Waals surface area contributed by atoms with Gasteiger partial charge in [-0.3, -0.25) is 9.59 Å². The molecule has 2 aromatic carbocycles. The molecule has 0 saturated heterocycles. The zero-order valence-corrected chi connectivity index (χ0v) is 20.8. The number of carbonyl (C=O) groups is 3. The summed E-state index contributed by atoms with van der Waals surface area (Å²) in [5.41, 5.74) is 4.61. The molecule has 7 nitrogen and oxygen atoms in total. The normalized spacial score (nSPS) is 13.1. The van der Waals surface area contributed by atoms with Crippen molar-refractivity contribution in [3.63, 3.8) is 0 Å². The SMILES string of the molecule is CCCN(CCC(=O)O)C(=O)C(CNC(=O)OCC1c2ccccc2-c2ccccc21)CC(C)C. The van der Waals surface area contributed by atoms with Gasteiger partial charge in [0.25, 0.3) is 0 Å². The van der Waals surface area contributed by atoms with E-state index in [1.165, 1.54) is 0 Å². The van der Waals surface area contributed by atoms with Gasteiger partial charge in [0, 0.05) is 25.6 Å². The maximum atomic E-state index is 13.2. The number of nitrogens with one attached hydrogen (secondary N) is 1.